The molecule has 1 aliphatic heterocycles. The molecule has 6 nitrogen and oxygen atoms in total. The standard InChI is InChI=1S/C17H22N6S/c1-12-10-23-16(19-12)24-17(20-23)22(3)11-14-6-8-21(2)15(14)13-5-4-7-18-9-13/h4-5,7,9-10,14-15H,6,8,11H2,1-3H3/t14-,15-/m0/s1. The maximum atomic E-state index is 4.66. The molecule has 0 bridgehead atoms. The van der Waals surface area contributed by atoms with Crippen LogP contribution in [0.3, 0.4) is 0 Å². The Bertz CT molecular complexity index is 795. The second-order valence-electron chi connectivity index (χ2n) is 6.64. The molecule has 0 amide bonds. The van der Waals surface area contributed by atoms with E-state index in [-0.39, 0.29) is 0 Å². The van der Waals surface area contributed by atoms with E-state index in [2.05, 4.69) is 45.0 Å². The van der Waals surface area contributed by atoms with Gasteiger partial charge < -0.3 is 4.90 Å². The van der Waals surface area contributed by atoms with Crippen LogP contribution in [0.15, 0.2) is 30.7 Å². The van der Waals surface area contributed by atoms with Crippen molar-refractivity contribution >= 4 is 21.4 Å². The highest BCUT2D eigenvalue weighted by atomic mass is 32.1. The lowest BCUT2D eigenvalue weighted by molar-refractivity contribution is 0.278. The Morgan fingerprint density at radius 1 is 1.42 bits per heavy atom. The molecule has 1 aliphatic rings. The Labute approximate surface area is 145 Å². The van der Waals surface area contributed by atoms with Crippen LogP contribution in [-0.4, -0.2) is 51.7 Å². The van der Waals surface area contributed by atoms with Crippen LogP contribution >= 0.6 is 11.3 Å². The molecule has 0 radical (unpaired) electrons. The molecular formula is C17H22N6S. The van der Waals surface area contributed by atoms with Crippen LogP contribution in [0, 0.1) is 12.8 Å². The Hall–Kier alpha value is -1.99. The zero-order valence-electron chi connectivity index (χ0n) is 14.3. The maximum absolute atomic E-state index is 4.66. The van der Waals surface area contributed by atoms with E-state index in [9.17, 15) is 0 Å². The van der Waals surface area contributed by atoms with E-state index in [4.69, 9.17) is 0 Å². The van der Waals surface area contributed by atoms with Crippen molar-refractivity contribution in [1.29, 1.82) is 0 Å². The number of imidazole rings is 1. The largest absolute Gasteiger partial charge is 0.349 e. The molecule has 0 spiro atoms. The summed E-state index contributed by atoms with van der Waals surface area (Å²) in [4.78, 5) is 14.5. The fraction of sp³-hybridized carbons (Fsp3) is 0.471. The van der Waals surface area contributed by atoms with Gasteiger partial charge in [0.25, 0.3) is 0 Å². The molecule has 3 aromatic heterocycles. The monoisotopic (exact) mass is 342 g/mol. The topological polar surface area (TPSA) is 49.6 Å². The lowest BCUT2D eigenvalue weighted by Crippen LogP contribution is -2.30. The van der Waals surface area contributed by atoms with Gasteiger partial charge in [0, 0.05) is 32.0 Å². The summed E-state index contributed by atoms with van der Waals surface area (Å²) >= 11 is 1.65. The summed E-state index contributed by atoms with van der Waals surface area (Å²) in [7, 11) is 4.33. The first-order valence-corrected chi connectivity index (χ1v) is 9.07. The number of hydrogen-bond acceptors (Lipinski definition) is 6. The van der Waals surface area contributed by atoms with Gasteiger partial charge in [-0.1, -0.05) is 17.4 Å². The highest BCUT2D eigenvalue weighted by molar-refractivity contribution is 7.20. The van der Waals surface area contributed by atoms with Crippen LogP contribution in [0.1, 0.15) is 23.7 Å². The zero-order valence-corrected chi connectivity index (χ0v) is 15.1. The normalized spacial score (nSPS) is 21.6. The van der Waals surface area contributed by atoms with Crippen LogP contribution in [0.25, 0.3) is 4.96 Å². The third kappa shape index (κ3) is 2.78. The Morgan fingerprint density at radius 2 is 2.29 bits per heavy atom. The summed E-state index contributed by atoms with van der Waals surface area (Å²) in [6.45, 7) is 4.11. The summed E-state index contributed by atoms with van der Waals surface area (Å²) in [5.74, 6) is 0.571. The van der Waals surface area contributed by atoms with Crippen LogP contribution in [0.5, 0.6) is 0 Å². The van der Waals surface area contributed by atoms with Crippen LogP contribution in [0.2, 0.25) is 0 Å². The van der Waals surface area contributed by atoms with Crippen molar-refractivity contribution in [2.24, 2.45) is 5.92 Å². The predicted molar refractivity (Wildman–Crippen MR) is 96.6 cm³/mol. The van der Waals surface area contributed by atoms with Gasteiger partial charge in [0.1, 0.15) is 0 Å². The number of anilines is 1. The highest BCUT2D eigenvalue weighted by Gasteiger charge is 2.34. The molecule has 4 heterocycles. The predicted octanol–water partition coefficient (Wildman–Crippen LogP) is 2.62. The number of rotatable bonds is 4. The number of aryl methyl sites for hydroxylation is 1. The minimum absolute atomic E-state index is 0.424. The van der Waals surface area contributed by atoms with E-state index in [0.717, 1.165) is 28.9 Å². The quantitative estimate of drug-likeness (QED) is 0.729. The van der Waals surface area contributed by atoms with Crippen molar-refractivity contribution in [3.8, 4) is 0 Å². The zero-order chi connectivity index (χ0) is 16.7. The molecule has 24 heavy (non-hydrogen) atoms. The molecule has 4 rings (SSSR count). The Balaban J connectivity index is 1.53. The lowest BCUT2D eigenvalue weighted by atomic mass is 9.94. The van der Waals surface area contributed by atoms with Gasteiger partial charge in [-0.3, -0.25) is 9.88 Å². The summed E-state index contributed by atoms with van der Waals surface area (Å²) in [6, 6.07) is 4.64. The van der Waals surface area contributed by atoms with E-state index >= 15 is 0 Å². The van der Waals surface area contributed by atoms with Gasteiger partial charge in [0.2, 0.25) is 10.1 Å². The van der Waals surface area contributed by atoms with Gasteiger partial charge in [-0.05, 0) is 44.5 Å². The van der Waals surface area contributed by atoms with Gasteiger partial charge in [-0.2, -0.15) is 0 Å². The lowest BCUT2D eigenvalue weighted by Gasteiger charge is -2.28. The SMILES string of the molecule is Cc1cn2nc(N(C)C[C@@H]3CCN(C)[C@H]3c3cccnc3)sc2n1. The van der Waals surface area contributed by atoms with Gasteiger partial charge in [-0.15, -0.1) is 5.10 Å². The van der Waals surface area contributed by atoms with Crippen LogP contribution in [0.4, 0.5) is 5.13 Å². The molecule has 126 valence electrons. The molecule has 2 atom stereocenters. The summed E-state index contributed by atoms with van der Waals surface area (Å²) < 4.78 is 1.88. The first kappa shape index (κ1) is 15.5. The molecule has 1 saturated heterocycles. The molecule has 0 aliphatic carbocycles. The van der Waals surface area contributed by atoms with Crippen molar-refractivity contribution < 1.29 is 0 Å². The minimum Gasteiger partial charge on any atom is -0.349 e. The minimum atomic E-state index is 0.424. The maximum Gasteiger partial charge on any atom is 0.214 e. The molecular weight excluding hydrogens is 320 g/mol. The first-order valence-electron chi connectivity index (χ1n) is 8.26. The molecule has 0 unspecified atom stereocenters. The Kier molecular flexibility index (Phi) is 3.97. The third-order valence-corrected chi connectivity index (χ3v) is 5.82. The van der Waals surface area contributed by atoms with Crippen molar-refractivity contribution in [2.45, 2.75) is 19.4 Å². The average molecular weight is 342 g/mol. The molecule has 0 aromatic carbocycles. The molecule has 0 N–H and O–H groups in total. The number of nitrogens with zero attached hydrogens (tertiary/aromatic N) is 6. The third-order valence-electron chi connectivity index (χ3n) is 4.79. The van der Waals surface area contributed by atoms with Gasteiger partial charge in [0.15, 0.2) is 0 Å². The fourth-order valence-electron chi connectivity index (χ4n) is 3.68. The van der Waals surface area contributed by atoms with Crippen molar-refractivity contribution in [2.75, 3.05) is 32.1 Å². The summed E-state index contributed by atoms with van der Waals surface area (Å²) in [5, 5.41) is 5.69. The van der Waals surface area contributed by atoms with Crippen molar-refractivity contribution in [3.63, 3.8) is 0 Å². The van der Waals surface area contributed by atoms with E-state index in [1.807, 2.05) is 36.1 Å². The van der Waals surface area contributed by atoms with Crippen molar-refractivity contribution in [1.82, 2.24) is 24.5 Å². The molecule has 1 fully saturated rings. The first-order chi connectivity index (χ1) is 11.6. The van der Waals surface area contributed by atoms with Gasteiger partial charge in [0.05, 0.1) is 11.9 Å². The second kappa shape index (κ2) is 6.14. The smallest absolute Gasteiger partial charge is 0.214 e. The van der Waals surface area contributed by atoms with Crippen molar-refractivity contribution in [3.05, 3.63) is 42.0 Å². The van der Waals surface area contributed by atoms with E-state index in [1.54, 1.807) is 11.3 Å². The summed E-state index contributed by atoms with van der Waals surface area (Å²) in [6.07, 6.45) is 7.01. The molecule has 3 aromatic rings. The van der Waals surface area contributed by atoms with Crippen LogP contribution in [-0.2, 0) is 0 Å². The second-order valence-corrected chi connectivity index (χ2v) is 7.57. The van der Waals surface area contributed by atoms with Gasteiger partial charge in [-0.25, -0.2) is 9.50 Å². The molecule has 7 heteroatoms. The van der Waals surface area contributed by atoms with E-state index in [0.29, 0.717) is 12.0 Å². The molecule has 0 saturated carbocycles. The number of fused-ring (bicyclic) bond motifs is 1. The van der Waals surface area contributed by atoms with E-state index < -0.39 is 0 Å². The van der Waals surface area contributed by atoms with E-state index in [1.165, 1.54) is 12.0 Å². The fourth-order valence-corrected chi connectivity index (χ4v) is 4.58. The highest BCUT2D eigenvalue weighted by Crippen LogP contribution is 2.37. The van der Waals surface area contributed by atoms with Crippen LogP contribution < -0.4 is 4.90 Å². The number of likely N-dealkylation sites (tertiary alicyclic amines) is 1. The Morgan fingerprint density at radius 3 is 3.04 bits per heavy atom. The average Bonchev–Trinajstić information content (AvgIpc) is 3.21. The number of pyridine rings is 1. The van der Waals surface area contributed by atoms with Gasteiger partial charge >= 0.3 is 0 Å². The number of hydrogen-bond donors (Lipinski definition) is 0. The number of aromatic nitrogens is 4. The summed E-state index contributed by atoms with van der Waals surface area (Å²) in [5.41, 5.74) is 2.32.